The summed E-state index contributed by atoms with van der Waals surface area (Å²) in [7, 11) is 4.01. The Hall–Kier alpha value is -1.77. The average molecular weight is 436 g/mol. The number of halogens is 1. The van der Waals surface area contributed by atoms with E-state index in [4.69, 9.17) is 4.52 Å². The first kappa shape index (κ1) is 20.0. The smallest absolute Gasteiger partial charge is 0.241 e. The van der Waals surface area contributed by atoms with Crippen molar-refractivity contribution in [2.24, 2.45) is 5.92 Å². The van der Waals surface area contributed by atoms with E-state index < -0.39 is 0 Å². The molecular weight excluding hydrogens is 410 g/mol. The summed E-state index contributed by atoms with van der Waals surface area (Å²) in [5.41, 5.74) is 0.932. The minimum absolute atomic E-state index is 0.101. The summed E-state index contributed by atoms with van der Waals surface area (Å²) < 4.78 is 6.42. The van der Waals surface area contributed by atoms with Crippen molar-refractivity contribution in [1.82, 2.24) is 25.3 Å². The van der Waals surface area contributed by atoms with Crippen LogP contribution >= 0.6 is 15.9 Å². The molecular formula is C19H26BrN5O2. The van der Waals surface area contributed by atoms with Crippen molar-refractivity contribution in [3.05, 3.63) is 34.6 Å². The third-order valence-electron chi connectivity index (χ3n) is 4.75. The van der Waals surface area contributed by atoms with Gasteiger partial charge in [-0.15, -0.1) is 0 Å². The lowest BCUT2D eigenvalue weighted by molar-refractivity contribution is -0.126. The number of nitrogens with zero attached hydrogens (tertiary/aromatic N) is 4. The van der Waals surface area contributed by atoms with Crippen LogP contribution in [0.3, 0.4) is 0 Å². The largest absolute Gasteiger partial charge is 0.355 e. The van der Waals surface area contributed by atoms with Gasteiger partial charge in [-0.2, -0.15) is 4.98 Å². The van der Waals surface area contributed by atoms with Crippen molar-refractivity contribution < 1.29 is 9.32 Å². The number of aromatic nitrogens is 2. The lowest BCUT2D eigenvalue weighted by Crippen LogP contribution is -2.41. The highest BCUT2D eigenvalue weighted by molar-refractivity contribution is 9.10. The van der Waals surface area contributed by atoms with E-state index in [1.807, 2.05) is 38.4 Å². The van der Waals surface area contributed by atoms with Gasteiger partial charge in [0.1, 0.15) is 0 Å². The first-order chi connectivity index (χ1) is 13.0. The first-order valence-corrected chi connectivity index (χ1v) is 10.0. The van der Waals surface area contributed by atoms with Gasteiger partial charge in [0.25, 0.3) is 0 Å². The molecule has 7 nitrogen and oxygen atoms in total. The molecule has 3 rings (SSSR count). The lowest BCUT2D eigenvalue weighted by atomic mass is 9.96. The molecule has 146 valence electrons. The summed E-state index contributed by atoms with van der Waals surface area (Å²) in [6.07, 6.45) is 1.73. The molecule has 0 radical (unpaired) electrons. The van der Waals surface area contributed by atoms with Gasteiger partial charge in [-0.25, -0.2) is 0 Å². The zero-order valence-corrected chi connectivity index (χ0v) is 17.4. The van der Waals surface area contributed by atoms with Gasteiger partial charge in [-0.05, 0) is 64.3 Å². The van der Waals surface area contributed by atoms with Crippen molar-refractivity contribution in [3.63, 3.8) is 0 Å². The van der Waals surface area contributed by atoms with Gasteiger partial charge in [0.2, 0.25) is 17.6 Å². The summed E-state index contributed by atoms with van der Waals surface area (Å²) in [6, 6.07) is 7.83. The molecule has 1 aromatic carbocycles. The van der Waals surface area contributed by atoms with Crippen LogP contribution in [0.25, 0.3) is 11.4 Å². The van der Waals surface area contributed by atoms with E-state index >= 15 is 0 Å². The van der Waals surface area contributed by atoms with E-state index in [1.54, 1.807) is 0 Å². The minimum atomic E-state index is 0.101. The molecule has 0 unspecified atom stereocenters. The molecule has 27 heavy (non-hydrogen) atoms. The van der Waals surface area contributed by atoms with Gasteiger partial charge in [0, 0.05) is 29.0 Å². The van der Waals surface area contributed by atoms with Crippen LogP contribution in [0.2, 0.25) is 0 Å². The Morgan fingerprint density at radius 1 is 1.30 bits per heavy atom. The number of amides is 1. The number of hydrogen-bond acceptors (Lipinski definition) is 6. The maximum Gasteiger partial charge on any atom is 0.241 e. The number of nitrogens with one attached hydrogen (secondary N) is 1. The van der Waals surface area contributed by atoms with Crippen molar-refractivity contribution in [1.29, 1.82) is 0 Å². The molecule has 2 aromatic rings. The molecule has 1 amide bonds. The number of hydrogen-bond donors (Lipinski definition) is 1. The molecule has 1 aliphatic heterocycles. The van der Waals surface area contributed by atoms with Crippen LogP contribution in [0.5, 0.6) is 0 Å². The predicted molar refractivity (Wildman–Crippen MR) is 107 cm³/mol. The number of likely N-dealkylation sites (N-methyl/N-ethyl adjacent to an activating group) is 1. The highest BCUT2D eigenvalue weighted by Gasteiger charge is 2.25. The molecule has 1 aliphatic rings. The number of rotatable bonds is 7. The summed E-state index contributed by atoms with van der Waals surface area (Å²) in [4.78, 5) is 21.1. The van der Waals surface area contributed by atoms with E-state index in [0.717, 1.165) is 42.5 Å². The molecule has 8 heteroatoms. The third kappa shape index (κ3) is 5.85. The molecule has 1 aromatic heterocycles. The van der Waals surface area contributed by atoms with E-state index in [1.165, 1.54) is 0 Å². The maximum atomic E-state index is 12.2. The van der Waals surface area contributed by atoms with Gasteiger partial charge in [0.05, 0.1) is 6.54 Å². The van der Waals surface area contributed by atoms with Gasteiger partial charge < -0.3 is 14.7 Å². The van der Waals surface area contributed by atoms with Crippen LogP contribution < -0.4 is 5.32 Å². The van der Waals surface area contributed by atoms with Gasteiger partial charge in [-0.3, -0.25) is 9.69 Å². The molecule has 0 aliphatic carbocycles. The third-order valence-corrected chi connectivity index (χ3v) is 5.27. The topological polar surface area (TPSA) is 74.5 Å². The Balaban J connectivity index is 1.45. The first-order valence-electron chi connectivity index (χ1n) is 9.24. The zero-order valence-electron chi connectivity index (χ0n) is 15.8. The molecule has 0 atom stereocenters. The van der Waals surface area contributed by atoms with Crippen LogP contribution in [0.4, 0.5) is 0 Å². The van der Waals surface area contributed by atoms with Gasteiger partial charge in [0.15, 0.2) is 0 Å². The van der Waals surface area contributed by atoms with E-state index in [2.05, 4.69) is 41.2 Å². The average Bonchev–Trinajstić information content (AvgIpc) is 3.11. The number of likely N-dealkylation sites (tertiary alicyclic amines) is 1. The molecule has 1 N–H and O–H groups in total. The Labute approximate surface area is 168 Å². The lowest BCUT2D eigenvalue weighted by Gasteiger charge is -2.30. The van der Waals surface area contributed by atoms with Crippen LogP contribution in [-0.2, 0) is 11.3 Å². The van der Waals surface area contributed by atoms with Crippen LogP contribution in [0, 0.1) is 5.92 Å². The summed E-state index contributed by atoms with van der Waals surface area (Å²) in [6.45, 7) is 3.91. The molecule has 1 fully saturated rings. The second kappa shape index (κ2) is 9.43. The Morgan fingerprint density at radius 3 is 2.67 bits per heavy atom. The van der Waals surface area contributed by atoms with Crippen molar-refractivity contribution in [2.45, 2.75) is 19.4 Å². The summed E-state index contributed by atoms with van der Waals surface area (Å²) in [5, 5.41) is 7.11. The van der Waals surface area contributed by atoms with Gasteiger partial charge >= 0.3 is 0 Å². The van der Waals surface area contributed by atoms with Crippen LogP contribution in [0.1, 0.15) is 18.7 Å². The molecule has 0 saturated carbocycles. The molecule has 0 spiro atoms. The van der Waals surface area contributed by atoms with Gasteiger partial charge in [-0.1, -0.05) is 21.1 Å². The molecule has 0 bridgehead atoms. The number of carbonyl (C=O) groups excluding carboxylic acids is 1. The number of piperidine rings is 1. The quantitative estimate of drug-likeness (QED) is 0.719. The molecule has 1 saturated heterocycles. The fourth-order valence-electron chi connectivity index (χ4n) is 3.13. The minimum Gasteiger partial charge on any atom is -0.355 e. The monoisotopic (exact) mass is 435 g/mol. The maximum absolute atomic E-state index is 12.2. The standard InChI is InChI=1S/C19H26BrN5O2/c1-24(2)12-9-21-19(26)15-7-10-25(11-8-15)13-17-22-18(23-27-17)14-3-5-16(20)6-4-14/h3-6,15H,7-13H2,1-2H3,(H,21,26). The van der Waals surface area contributed by atoms with E-state index in [0.29, 0.717) is 24.8 Å². The van der Waals surface area contributed by atoms with Crippen molar-refractivity contribution in [2.75, 3.05) is 40.3 Å². The van der Waals surface area contributed by atoms with Crippen LogP contribution in [0.15, 0.2) is 33.3 Å². The fraction of sp³-hybridized carbons (Fsp3) is 0.526. The fourth-order valence-corrected chi connectivity index (χ4v) is 3.39. The second-order valence-corrected chi connectivity index (χ2v) is 8.08. The summed E-state index contributed by atoms with van der Waals surface area (Å²) in [5.74, 6) is 1.49. The Morgan fingerprint density at radius 2 is 2.00 bits per heavy atom. The highest BCUT2D eigenvalue weighted by atomic mass is 79.9. The van der Waals surface area contributed by atoms with E-state index in [9.17, 15) is 4.79 Å². The number of benzene rings is 1. The van der Waals surface area contributed by atoms with Crippen LogP contribution in [-0.4, -0.2) is 66.1 Å². The SMILES string of the molecule is CN(C)CCNC(=O)C1CCN(Cc2nc(-c3ccc(Br)cc3)no2)CC1. The van der Waals surface area contributed by atoms with E-state index in [-0.39, 0.29) is 11.8 Å². The Kier molecular flexibility index (Phi) is 6.98. The Bertz CT molecular complexity index is 739. The summed E-state index contributed by atoms with van der Waals surface area (Å²) >= 11 is 3.42. The second-order valence-electron chi connectivity index (χ2n) is 7.16. The van der Waals surface area contributed by atoms with Crippen molar-refractivity contribution in [3.8, 4) is 11.4 Å². The zero-order chi connectivity index (χ0) is 19.2. The predicted octanol–water partition coefficient (Wildman–Crippen LogP) is 2.39. The molecule has 2 heterocycles. The van der Waals surface area contributed by atoms with Crippen molar-refractivity contribution >= 4 is 21.8 Å². The highest BCUT2D eigenvalue weighted by Crippen LogP contribution is 2.21. The number of carbonyl (C=O) groups is 1. The normalized spacial score (nSPS) is 16.0.